The van der Waals surface area contributed by atoms with E-state index in [0.29, 0.717) is 5.56 Å². The molecular weight excluding hydrogens is 416 g/mol. The molecule has 2 fully saturated rings. The number of hydrogen-bond acceptors (Lipinski definition) is 6. The third kappa shape index (κ3) is 4.27. The van der Waals surface area contributed by atoms with E-state index in [2.05, 4.69) is 44.4 Å². The molecule has 1 aromatic carbocycles. The molecule has 8 heteroatoms. The molecule has 8 nitrogen and oxygen atoms in total. The smallest absolute Gasteiger partial charge is 0.251 e. The maximum atomic E-state index is 12.5. The zero-order chi connectivity index (χ0) is 22.9. The van der Waals surface area contributed by atoms with Gasteiger partial charge in [-0.05, 0) is 61.6 Å². The van der Waals surface area contributed by atoms with E-state index in [9.17, 15) is 9.59 Å². The van der Waals surface area contributed by atoms with Crippen LogP contribution in [0.4, 0.5) is 17.2 Å². The summed E-state index contributed by atoms with van der Waals surface area (Å²) in [6.07, 6.45) is 5.10. The molecule has 33 heavy (non-hydrogen) atoms. The van der Waals surface area contributed by atoms with Crippen molar-refractivity contribution < 1.29 is 9.59 Å². The van der Waals surface area contributed by atoms with Crippen LogP contribution in [0.1, 0.15) is 40.7 Å². The lowest BCUT2D eigenvalue weighted by Crippen LogP contribution is -2.51. The molecule has 2 amide bonds. The van der Waals surface area contributed by atoms with Gasteiger partial charge in [0.15, 0.2) is 5.82 Å². The topological polar surface area (TPSA) is 80.8 Å². The molecule has 174 valence electrons. The zero-order valence-corrected chi connectivity index (χ0v) is 19.4. The van der Waals surface area contributed by atoms with Crippen molar-refractivity contribution in [3.63, 3.8) is 0 Å². The summed E-state index contributed by atoms with van der Waals surface area (Å²) in [4.78, 5) is 36.2. The number of benzene rings is 1. The van der Waals surface area contributed by atoms with E-state index < -0.39 is 0 Å². The van der Waals surface area contributed by atoms with E-state index in [1.54, 1.807) is 7.05 Å². The van der Waals surface area contributed by atoms with Gasteiger partial charge < -0.3 is 20.4 Å². The summed E-state index contributed by atoms with van der Waals surface area (Å²) in [5.41, 5.74) is 4.98. The maximum absolute atomic E-state index is 12.5. The monoisotopic (exact) mass is 448 g/mol. The van der Waals surface area contributed by atoms with Gasteiger partial charge in [0.05, 0.1) is 5.69 Å². The number of anilines is 3. The highest BCUT2D eigenvalue weighted by Gasteiger charge is 2.35. The van der Waals surface area contributed by atoms with Crippen LogP contribution in [0.2, 0.25) is 0 Å². The third-order valence-corrected chi connectivity index (χ3v) is 7.06. The number of rotatable bonds is 4. The largest absolute Gasteiger partial charge is 0.369 e. The van der Waals surface area contributed by atoms with Crippen LogP contribution in [0.5, 0.6) is 0 Å². The molecule has 1 unspecified atom stereocenters. The van der Waals surface area contributed by atoms with Crippen molar-refractivity contribution in [1.82, 2.24) is 15.2 Å². The standard InChI is InChI=1S/C25H32N6O2/c1-17-13-19(24(32)26-2)6-7-21(17)30-11-9-29(10-12-30)16-18-14-20-23(27-15-18)31-8-4-3-5-22(31)25(33)28-20/h6-7,13-15,22H,3-5,8-12,16H2,1-2H3,(H,26,32)(H,28,33). The van der Waals surface area contributed by atoms with E-state index in [4.69, 9.17) is 4.98 Å². The van der Waals surface area contributed by atoms with Gasteiger partial charge in [0.25, 0.3) is 5.91 Å². The lowest BCUT2D eigenvalue weighted by molar-refractivity contribution is -0.118. The van der Waals surface area contributed by atoms with Gasteiger partial charge in [0.1, 0.15) is 6.04 Å². The number of hydrogen-bond donors (Lipinski definition) is 2. The van der Waals surface area contributed by atoms with Crippen LogP contribution in [0.25, 0.3) is 0 Å². The first kappa shape index (κ1) is 21.7. The van der Waals surface area contributed by atoms with E-state index in [0.717, 1.165) is 81.2 Å². The molecule has 5 rings (SSSR count). The van der Waals surface area contributed by atoms with Gasteiger partial charge in [-0.25, -0.2) is 4.98 Å². The number of piperazine rings is 1. The van der Waals surface area contributed by atoms with Crippen molar-refractivity contribution in [3.8, 4) is 0 Å². The zero-order valence-electron chi connectivity index (χ0n) is 19.4. The second kappa shape index (κ2) is 9.02. The van der Waals surface area contributed by atoms with Crippen LogP contribution in [0, 0.1) is 6.92 Å². The number of nitrogens with one attached hydrogen (secondary N) is 2. The van der Waals surface area contributed by atoms with Gasteiger partial charge in [-0.2, -0.15) is 0 Å². The lowest BCUT2D eigenvalue weighted by Gasteiger charge is -2.40. The number of piperidine rings is 1. The highest BCUT2D eigenvalue weighted by molar-refractivity contribution is 6.03. The average Bonchev–Trinajstić information content (AvgIpc) is 2.84. The van der Waals surface area contributed by atoms with E-state index in [1.807, 2.05) is 18.3 Å². The predicted molar refractivity (Wildman–Crippen MR) is 130 cm³/mol. The quantitative estimate of drug-likeness (QED) is 0.748. The molecular formula is C25H32N6O2. The van der Waals surface area contributed by atoms with E-state index in [1.165, 1.54) is 5.69 Å². The minimum atomic E-state index is -0.0634. The van der Waals surface area contributed by atoms with Crippen LogP contribution in [0.15, 0.2) is 30.5 Å². The SMILES string of the molecule is CNC(=O)c1ccc(N2CCN(Cc3cnc4c(c3)NC(=O)C3CCCCN43)CC2)c(C)c1. The van der Waals surface area contributed by atoms with Gasteiger partial charge in [-0.3, -0.25) is 14.5 Å². The molecule has 2 saturated heterocycles. The average molecular weight is 449 g/mol. The Kier molecular flexibility index (Phi) is 5.93. The third-order valence-electron chi connectivity index (χ3n) is 7.06. The molecule has 3 aliphatic heterocycles. The normalized spacial score (nSPS) is 20.7. The van der Waals surface area contributed by atoms with Crippen molar-refractivity contribution >= 4 is 29.0 Å². The Morgan fingerprint density at radius 2 is 1.97 bits per heavy atom. The fraction of sp³-hybridized carbons (Fsp3) is 0.480. The van der Waals surface area contributed by atoms with Crippen LogP contribution in [0.3, 0.4) is 0 Å². The molecule has 3 aliphatic rings. The Morgan fingerprint density at radius 1 is 1.15 bits per heavy atom. The molecule has 2 N–H and O–H groups in total. The van der Waals surface area contributed by atoms with E-state index in [-0.39, 0.29) is 17.9 Å². The highest BCUT2D eigenvalue weighted by atomic mass is 16.2. The minimum absolute atomic E-state index is 0.0554. The first-order valence-corrected chi connectivity index (χ1v) is 11.9. The Hall–Kier alpha value is -3.13. The van der Waals surface area contributed by atoms with Gasteiger partial charge in [-0.15, -0.1) is 0 Å². The summed E-state index contributed by atoms with van der Waals surface area (Å²) in [6, 6.07) is 7.94. The number of carbonyl (C=O) groups excluding carboxylic acids is 2. The van der Waals surface area contributed by atoms with Crippen LogP contribution in [-0.2, 0) is 11.3 Å². The van der Waals surface area contributed by atoms with E-state index >= 15 is 0 Å². The van der Waals surface area contributed by atoms with Gasteiger partial charge in [0.2, 0.25) is 5.91 Å². The molecule has 4 heterocycles. The highest BCUT2D eigenvalue weighted by Crippen LogP contribution is 2.35. The molecule has 0 radical (unpaired) electrons. The molecule has 0 aliphatic carbocycles. The van der Waals surface area contributed by atoms with Gasteiger partial charge >= 0.3 is 0 Å². The second-order valence-electron chi connectivity index (χ2n) is 9.25. The van der Waals surface area contributed by atoms with Crippen molar-refractivity contribution in [2.45, 2.75) is 38.8 Å². The molecule has 0 bridgehead atoms. The Balaban J connectivity index is 1.22. The lowest BCUT2D eigenvalue weighted by atomic mass is 9.99. The van der Waals surface area contributed by atoms with Crippen LogP contribution >= 0.6 is 0 Å². The number of aromatic nitrogens is 1. The molecule has 0 spiro atoms. The molecule has 0 saturated carbocycles. The summed E-state index contributed by atoms with van der Waals surface area (Å²) >= 11 is 0. The molecule has 2 aromatic rings. The van der Waals surface area contributed by atoms with Crippen LogP contribution < -0.4 is 20.4 Å². The van der Waals surface area contributed by atoms with Crippen molar-refractivity contribution in [2.75, 3.05) is 54.9 Å². The Labute approximate surface area is 195 Å². The fourth-order valence-corrected chi connectivity index (χ4v) is 5.28. The maximum Gasteiger partial charge on any atom is 0.251 e. The van der Waals surface area contributed by atoms with Gasteiger partial charge in [0, 0.05) is 63.8 Å². The van der Waals surface area contributed by atoms with Crippen LogP contribution in [-0.4, -0.2) is 67.5 Å². The number of nitrogens with zero attached hydrogens (tertiary/aromatic N) is 4. The summed E-state index contributed by atoms with van der Waals surface area (Å²) in [5.74, 6) is 0.969. The number of fused-ring (bicyclic) bond motifs is 3. The van der Waals surface area contributed by atoms with Crippen molar-refractivity contribution in [3.05, 3.63) is 47.2 Å². The first-order valence-electron chi connectivity index (χ1n) is 11.9. The van der Waals surface area contributed by atoms with Crippen molar-refractivity contribution in [1.29, 1.82) is 0 Å². The Bertz CT molecular complexity index is 1060. The number of amides is 2. The van der Waals surface area contributed by atoms with Crippen molar-refractivity contribution in [2.24, 2.45) is 0 Å². The Morgan fingerprint density at radius 3 is 2.73 bits per heavy atom. The fourth-order valence-electron chi connectivity index (χ4n) is 5.28. The summed E-state index contributed by atoms with van der Waals surface area (Å²) in [5, 5.41) is 5.77. The number of pyridine rings is 1. The second-order valence-corrected chi connectivity index (χ2v) is 9.25. The molecule has 1 aromatic heterocycles. The summed E-state index contributed by atoms with van der Waals surface area (Å²) < 4.78 is 0. The first-order chi connectivity index (χ1) is 16.0. The predicted octanol–water partition coefficient (Wildman–Crippen LogP) is 2.38. The minimum Gasteiger partial charge on any atom is -0.369 e. The summed E-state index contributed by atoms with van der Waals surface area (Å²) in [6.45, 7) is 7.57. The molecule has 1 atom stereocenters. The number of carbonyl (C=O) groups is 2. The summed E-state index contributed by atoms with van der Waals surface area (Å²) in [7, 11) is 1.65. The number of aryl methyl sites for hydroxylation is 1. The van der Waals surface area contributed by atoms with Gasteiger partial charge in [-0.1, -0.05) is 0 Å².